The summed E-state index contributed by atoms with van der Waals surface area (Å²) in [6.07, 6.45) is -0.930. The Morgan fingerprint density at radius 1 is 1.06 bits per heavy atom. The Bertz CT molecular complexity index is 804. The predicted octanol–water partition coefficient (Wildman–Crippen LogP) is 4.37. The molecule has 198 valence electrons. The standard InChI is InChI=1S/C17H24N2OS.2C2HF3O2/c1-2-7-15(6-1)19-12-17(13-19)9-16(11-21-17)20-10-14-5-3-4-8-18-14;2*3-2(4,5)1(6)7/h3-5,8,15-16H,1-2,6-7,9-13H2;2*(H,6,7). The fourth-order valence-corrected chi connectivity index (χ4v) is 5.61. The highest BCUT2D eigenvalue weighted by Crippen LogP contribution is 2.48. The third-order valence-corrected chi connectivity index (χ3v) is 7.25. The Morgan fingerprint density at radius 3 is 2.06 bits per heavy atom. The maximum atomic E-state index is 10.6. The molecule has 1 unspecified atom stereocenters. The summed E-state index contributed by atoms with van der Waals surface area (Å²) >= 11 is 2.15. The minimum Gasteiger partial charge on any atom is -0.475 e. The van der Waals surface area contributed by atoms with E-state index in [-0.39, 0.29) is 0 Å². The van der Waals surface area contributed by atoms with Crippen LogP contribution >= 0.6 is 11.8 Å². The molecule has 0 radical (unpaired) electrons. The van der Waals surface area contributed by atoms with Gasteiger partial charge in [-0.25, -0.2) is 9.59 Å². The number of carbonyl (C=O) groups is 2. The number of hydrogen-bond acceptors (Lipinski definition) is 6. The minimum atomic E-state index is -5.08. The third kappa shape index (κ3) is 9.49. The van der Waals surface area contributed by atoms with Crippen LogP contribution in [0.1, 0.15) is 37.8 Å². The summed E-state index contributed by atoms with van der Waals surface area (Å²) < 4.78 is 70.1. The molecule has 2 N–H and O–H groups in total. The van der Waals surface area contributed by atoms with Crippen molar-refractivity contribution in [1.29, 1.82) is 0 Å². The van der Waals surface area contributed by atoms with E-state index in [0.717, 1.165) is 17.5 Å². The number of likely N-dealkylation sites (tertiary alicyclic amines) is 1. The number of aliphatic carboxylic acids is 2. The van der Waals surface area contributed by atoms with Gasteiger partial charge >= 0.3 is 24.3 Å². The van der Waals surface area contributed by atoms with Crippen LogP contribution in [0.25, 0.3) is 0 Å². The van der Waals surface area contributed by atoms with Gasteiger partial charge in [0.25, 0.3) is 0 Å². The minimum absolute atomic E-state index is 0.419. The fourth-order valence-electron chi connectivity index (χ4n) is 4.04. The molecule has 1 aromatic rings. The van der Waals surface area contributed by atoms with E-state index < -0.39 is 24.3 Å². The second-order valence-corrected chi connectivity index (χ2v) is 9.89. The van der Waals surface area contributed by atoms with Crippen molar-refractivity contribution < 1.29 is 50.9 Å². The highest BCUT2D eigenvalue weighted by atomic mass is 32.2. The lowest BCUT2D eigenvalue weighted by Gasteiger charge is -2.50. The quantitative estimate of drug-likeness (QED) is 0.552. The molecule has 1 saturated carbocycles. The number of hydrogen-bond donors (Lipinski definition) is 2. The van der Waals surface area contributed by atoms with Crippen LogP contribution in [0.2, 0.25) is 0 Å². The lowest BCUT2D eigenvalue weighted by Crippen LogP contribution is -2.61. The Hall–Kier alpha value is -2.06. The van der Waals surface area contributed by atoms with E-state index in [0.29, 0.717) is 17.5 Å². The molecule has 1 aliphatic carbocycles. The predicted molar refractivity (Wildman–Crippen MR) is 114 cm³/mol. The van der Waals surface area contributed by atoms with Gasteiger partial charge < -0.3 is 14.9 Å². The van der Waals surface area contributed by atoms with Gasteiger partial charge in [0.15, 0.2) is 0 Å². The van der Waals surface area contributed by atoms with Gasteiger partial charge in [0.2, 0.25) is 0 Å². The summed E-state index contributed by atoms with van der Waals surface area (Å²) in [7, 11) is 0. The second kappa shape index (κ2) is 12.3. The zero-order chi connectivity index (χ0) is 26.3. The van der Waals surface area contributed by atoms with Crippen molar-refractivity contribution in [3.8, 4) is 0 Å². The number of nitrogens with zero attached hydrogens (tertiary/aromatic N) is 2. The zero-order valence-electron chi connectivity index (χ0n) is 18.5. The molecule has 4 rings (SSSR count). The molecule has 0 aromatic carbocycles. The van der Waals surface area contributed by atoms with E-state index in [4.69, 9.17) is 24.5 Å². The lowest BCUT2D eigenvalue weighted by atomic mass is 9.91. The smallest absolute Gasteiger partial charge is 0.475 e. The van der Waals surface area contributed by atoms with Crippen molar-refractivity contribution in [3.63, 3.8) is 0 Å². The van der Waals surface area contributed by atoms with Crippen LogP contribution in [0, 0.1) is 0 Å². The monoisotopic (exact) mass is 532 g/mol. The first-order chi connectivity index (χ1) is 16.2. The highest BCUT2D eigenvalue weighted by Gasteiger charge is 2.51. The van der Waals surface area contributed by atoms with Gasteiger partial charge in [-0.05, 0) is 31.4 Å². The summed E-state index contributed by atoms with van der Waals surface area (Å²) in [4.78, 5) is 24.8. The summed E-state index contributed by atoms with van der Waals surface area (Å²) in [6.45, 7) is 3.26. The van der Waals surface area contributed by atoms with Crippen molar-refractivity contribution in [2.45, 2.75) is 68.0 Å². The summed E-state index contributed by atoms with van der Waals surface area (Å²) in [5, 5.41) is 14.2. The average Bonchev–Trinajstić information content (AvgIpc) is 3.42. The number of pyridine rings is 1. The van der Waals surface area contributed by atoms with Gasteiger partial charge in [-0.3, -0.25) is 9.88 Å². The maximum absolute atomic E-state index is 10.6. The van der Waals surface area contributed by atoms with Crippen LogP contribution in [-0.4, -0.2) is 80.1 Å². The second-order valence-electron chi connectivity index (χ2n) is 8.40. The van der Waals surface area contributed by atoms with Gasteiger partial charge in [0.1, 0.15) is 0 Å². The van der Waals surface area contributed by atoms with Crippen molar-refractivity contribution >= 4 is 23.7 Å². The molecule has 7 nitrogen and oxygen atoms in total. The van der Waals surface area contributed by atoms with E-state index in [1.54, 1.807) is 0 Å². The first-order valence-corrected chi connectivity index (χ1v) is 11.7. The Morgan fingerprint density at radius 2 is 1.60 bits per heavy atom. The lowest BCUT2D eigenvalue weighted by molar-refractivity contribution is -0.193. The average molecular weight is 533 g/mol. The number of thioether (sulfide) groups is 1. The molecule has 1 atom stereocenters. The van der Waals surface area contributed by atoms with Crippen molar-refractivity contribution in [2.75, 3.05) is 18.8 Å². The fraction of sp³-hybridized carbons (Fsp3) is 0.667. The van der Waals surface area contributed by atoms with Crippen molar-refractivity contribution in [3.05, 3.63) is 30.1 Å². The Kier molecular flexibility index (Phi) is 10.2. The first-order valence-electron chi connectivity index (χ1n) is 10.7. The molecule has 2 aliphatic heterocycles. The third-order valence-electron chi connectivity index (χ3n) is 5.68. The number of alkyl halides is 6. The Balaban J connectivity index is 0.000000257. The number of rotatable bonds is 4. The van der Waals surface area contributed by atoms with Gasteiger partial charge in [-0.15, -0.1) is 11.8 Å². The van der Waals surface area contributed by atoms with Gasteiger partial charge in [-0.1, -0.05) is 18.9 Å². The van der Waals surface area contributed by atoms with Crippen LogP contribution in [0.5, 0.6) is 0 Å². The van der Waals surface area contributed by atoms with E-state index in [1.165, 1.54) is 45.2 Å². The molecular weight excluding hydrogens is 506 g/mol. The molecule has 2 saturated heterocycles. The van der Waals surface area contributed by atoms with Crippen LogP contribution < -0.4 is 0 Å². The van der Waals surface area contributed by atoms with E-state index >= 15 is 0 Å². The highest BCUT2D eigenvalue weighted by molar-refractivity contribution is 8.01. The normalized spacial score (nSPS) is 21.9. The number of carboxylic acids is 2. The van der Waals surface area contributed by atoms with Crippen LogP contribution in [0.15, 0.2) is 24.4 Å². The molecule has 1 spiro atoms. The topological polar surface area (TPSA) is 100.0 Å². The number of aromatic nitrogens is 1. The van der Waals surface area contributed by atoms with E-state index in [9.17, 15) is 26.3 Å². The van der Waals surface area contributed by atoms with Crippen molar-refractivity contribution in [1.82, 2.24) is 9.88 Å². The molecule has 14 heteroatoms. The number of ether oxygens (including phenoxy) is 1. The van der Waals surface area contributed by atoms with Gasteiger partial charge in [0.05, 0.1) is 18.4 Å². The summed E-state index contributed by atoms with van der Waals surface area (Å²) in [5.41, 5.74) is 1.05. The van der Waals surface area contributed by atoms with E-state index in [1.807, 2.05) is 24.4 Å². The molecule has 3 heterocycles. The largest absolute Gasteiger partial charge is 0.490 e. The Labute approximate surface area is 201 Å². The van der Waals surface area contributed by atoms with Crippen LogP contribution in [0.4, 0.5) is 26.3 Å². The molecule has 3 fully saturated rings. The molecule has 0 bridgehead atoms. The first kappa shape index (κ1) is 29.2. The van der Waals surface area contributed by atoms with E-state index in [2.05, 4.69) is 21.6 Å². The molecule has 35 heavy (non-hydrogen) atoms. The molecular formula is C21H26F6N2O5S. The SMILES string of the molecule is O=C(O)C(F)(F)F.O=C(O)C(F)(F)F.c1ccc(COC2CSC3(C2)CN(C2CCCC2)C3)nc1. The number of carboxylic acid groups (broad SMARTS) is 2. The molecule has 0 amide bonds. The molecule has 3 aliphatic rings. The van der Waals surface area contributed by atoms with Crippen molar-refractivity contribution in [2.24, 2.45) is 0 Å². The molecule has 1 aromatic heterocycles. The van der Waals surface area contributed by atoms with Gasteiger partial charge in [0, 0.05) is 35.8 Å². The van der Waals surface area contributed by atoms with Gasteiger partial charge in [-0.2, -0.15) is 26.3 Å². The van der Waals surface area contributed by atoms with Crippen LogP contribution in [-0.2, 0) is 20.9 Å². The summed E-state index contributed by atoms with van der Waals surface area (Å²) in [5.74, 6) is -4.36. The maximum Gasteiger partial charge on any atom is 0.490 e. The summed E-state index contributed by atoms with van der Waals surface area (Å²) in [6, 6.07) is 6.92. The zero-order valence-corrected chi connectivity index (χ0v) is 19.3. The number of halogens is 6. The van der Waals surface area contributed by atoms with Crippen LogP contribution in [0.3, 0.4) is 0 Å².